The standard InChI is InChI=1S/C15H9Cl2FS/c16-12-7-9(5-6-13(12)18)15(17)11-8-19-14-4-2-1-3-10(11)14/h1-8,15H. The Hall–Kier alpha value is -1.09. The quantitative estimate of drug-likeness (QED) is 0.507. The van der Waals surface area contributed by atoms with Crippen molar-refractivity contribution in [3.63, 3.8) is 0 Å². The van der Waals surface area contributed by atoms with Gasteiger partial charge in [0.2, 0.25) is 0 Å². The monoisotopic (exact) mass is 310 g/mol. The molecule has 0 nitrogen and oxygen atoms in total. The molecule has 0 fully saturated rings. The molecule has 4 heteroatoms. The van der Waals surface area contributed by atoms with Crippen LogP contribution in [0.15, 0.2) is 47.8 Å². The van der Waals surface area contributed by atoms with E-state index < -0.39 is 5.82 Å². The molecule has 0 aliphatic heterocycles. The highest BCUT2D eigenvalue weighted by atomic mass is 35.5. The highest BCUT2D eigenvalue weighted by molar-refractivity contribution is 7.17. The van der Waals surface area contributed by atoms with Crippen molar-refractivity contribution in [2.45, 2.75) is 5.38 Å². The molecule has 0 aliphatic rings. The van der Waals surface area contributed by atoms with E-state index in [4.69, 9.17) is 23.2 Å². The maximum absolute atomic E-state index is 13.2. The van der Waals surface area contributed by atoms with E-state index in [-0.39, 0.29) is 10.4 Å². The molecule has 1 atom stereocenters. The molecule has 3 aromatic rings. The van der Waals surface area contributed by atoms with Crippen LogP contribution in [0.2, 0.25) is 5.02 Å². The molecule has 0 spiro atoms. The van der Waals surface area contributed by atoms with Crippen LogP contribution in [-0.4, -0.2) is 0 Å². The maximum atomic E-state index is 13.2. The fraction of sp³-hybridized carbons (Fsp3) is 0.0667. The van der Waals surface area contributed by atoms with Crippen molar-refractivity contribution in [3.8, 4) is 0 Å². The summed E-state index contributed by atoms with van der Waals surface area (Å²) in [5, 5.41) is 2.95. The van der Waals surface area contributed by atoms with Gasteiger partial charge in [0.1, 0.15) is 5.82 Å². The Morgan fingerprint density at radius 3 is 2.68 bits per heavy atom. The fourth-order valence-corrected chi connectivity index (χ4v) is 3.61. The average molecular weight is 311 g/mol. The van der Waals surface area contributed by atoms with E-state index in [1.165, 1.54) is 10.8 Å². The molecular formula is C15H9Cl2FS. The Morgan fingerprint density at radius 2 is 1.89 bits per heavy atom. The van der Waals surface area contributed by atoms with E-state index in [0.29, 0.717) is 0 Å². The first-order valence-electron chi connectivity index (χ1n) is 5.72. The van der Waals surface area contributed by atoms with Gasteiger partial charge >= 0.3 is 0 Å². The van der Waals surface area contributed by atoms with E-state index in [1.54, 1.807) is 23.5 Å². The molecule has 96 valence electrons. The fourth-order valence-electron chi connectivity index (χ4n) is 2.04. The third-order valence-corrected chi connectivity index (χ3v) is 4.78. The Bertz CT molecular complexity index is 736. The molecule has 0 saturated carbocycles. The van der Waals surface area contributed by atoms with Gasteiger partial charge in [-0.05, 0) is 40.1 Å². The van der Waals surface area contributed by atoms with Crippen LogP contribution in [0, 0.1) is 5.82 Å². The summed E-state index contributed by atoms with van der Waals surface area (Å²) in [6, 6.07) is 12.7. The lowest BCUT2D eigenvalue weighted by molar-refractivity contribution is 0.627. The van der Waals surface area contributed by atoms with Crippen molar-refractivity contribution < 1.29 is 4.39 Å². The van der Waals surface area contributed by atoms with E-state index in [0.717, 1.165) is 16.5 Å². The smallest absolute Gasteiger partial charge is 0.141 e. The first kappa shape index (κ1) is 12.9. The summed E-state index contributed by atoms with van der Waals surface area (Å²) in [5.41, 5.74) is 1.83. The van der Waals surface area contributed by atoms with Crippen LogP contribution in [0.5, 0.6) is 0 Å². The molecule has 0 amide bonds. The van der Waals surface area contributed by atoms with Gasteiger partial charge in [0.05, 0.1) is 10.4 Å². The molecule has 0 bridgehead atoms. The minimum atomic E-state index is -0.426. The van der Waals surface area contributed by atoms with Crippen LogP contribution < -0.4 is 0 Å². The van der Waals surface area contributed by atoms with Crippen LogP contribution in [-0.2, 0) is 0 Å². The summed E-state index contributed by atoms with van der Waals surface area (Å²) >= 11 is 14.0. The largest absolute Gasteiger partial charge is 0.205 e. The van der Waals surface area contributed by atoms with Gasteiger partial charge in [0.25, 0.3) is 0 Å². The first-order chi connectivity index (χ1) is 9.16. The van der Waals surface area contributed by atoms with Gasteiger partial charge in [-0.25, -0.2) is 4.39 Å². The lowest BCUT2D eigenvalue weighted by atomic mass is 10.0. The molecule has 3 rings (SSSR count). The highest BCUT2D eigenvalue weighted by Gasteiger charge is 2.16. The minimum absolute atomic E-state index is 0.0997. The number of benzene rings is 2. The molecule has 1 aromatic heterocycles. The number of rotatable bonds is 2. The van der Waals surface area contributed by atoms with Crippen LogP contribution in [0.3, 0.4) is 0 Å². The zero-order chi connectivity index (χ0) is 13.4. The van der Waals surface area contributed by atoms with E-state index in [1.807, 2.05) is 23.6 Å². The number of hydrogen-bond acceptors (Lipinski definition) is 1. The predicted octanol–water partition coefficient (Wildman–Crippen LogP) is 6.02. The second-order valence-electron chi connectivity index (χ2n) is 4.22. The third kappa shape index (κ3) is 2.36. The number of halogens is 3. The second kappa shape index (κ2) is 5.12. The Balaban J connectivity index is 2.08. The molecule has 0 saturated heterocycles. The zero-order valence-corrected chi connectivity index (χ0v) is 12.1. The second-order valence-corrected chi connectivity index (χ2v) is 5.98. The number of fused-ring (bicyclic) bond motifs is 1. The first-order valence-corrected chi connectivity index (χ1v) is 7.41. The molecule has 0 radical (unpaired) electrons. The number of alkyl halides is 1. The summed E-state index contributed by atoms with van der Waals surface area (Å²) in [7, 11) is 0. The van der Waals surface area contributed by atoms with Crippen molar-refractivity contribution in [2.75, 3.05) is 0 Å². The molecule has 19 heavy (non-hydrogen) atoms. The van der Waals surface area contributed by atoms with Crippen LogP contribution in [0.25, 0.3) is 10.1 Å². The molecular weight excluding hydrogens is 302 g/mol. The molecule has 1 heterocycles. The summed E-state index contributed by atoms with van der Waals surface area (Å²) in [6.45, 7) is 0. The van der Waals surface area contributed by atoms with Gasteiger partial charge in [0, 0.05) is 4.70 Å². The van der Waals surface area contributed by atoms with Crippen molar-refractivity contribution in [1.82, 2.24) is 0 Å². The van der Waals surface area contributed by atoms with Crippen molar-refractivity contribution in [2.24, 2.45) is 0 Å². The van der Waals surface area contributed by atoms with Gasteiger partial charge in [0.15, 0.2) is 0 Å². The normalized spacial score (nSPS) is 12.8. The van der Waals surface area contributed by atoms with Crippen molar-refractivity contribution in [3.05, 3.63) is 69.8 Å². The van der Waals surface area contributed by atoms with Gasteiger partial charge in [-0.3, -0.25) is 0 Å². The summed E-state index contributed by atoms with van der Waals surface area (Å²) in [5.74, 6) is -0.426. The number of thiophene rings is 1. The Labute approximate surface area is 124 Å². The van der Waals surface area contributed by atoms with Crippen LogP contribution in [0.4, 0.5) is 4.39 Å². The average Bonchev–Trinajstić information content (AvgIpc) is 2.85. The van der Waals surface area contributed by atoms with Gasteiger partial charge in [-0.15, -0.1) is 22.9 Å². The van der Waals surface area contributed by atoms with Gasteiger partial charge in [-0.1, -0.05) is 35.9 Å². The SMILES string of the molecule is Fc1ccc(C(Cl)c2csc3ccccc23)cc1Cl. The van der Waals surface area contributed by atoms with E-state index in [9.17, 15) is 4.39 Å². The minimum Gasteiger partial charge on any atom is -0.205 e. The summed E-state index contributed by atoms with van der Waals surface area (Å²) in [4.78, 5) is 0. The zero-order valence-electron chi connectivity index (χ0n) is 9.74. The highest BCUT2D eigenvalue weighted by Crippen LogP contribution is 2.38. The molecule has 2 aromatic carbocycles. The lowest BCUT2D eigenvalue weighted by Gasteiger charge is -2.10. The molecule has 0 N–H and O–H groups in total. The summed E-state index contributed by atoms with van der Waals surface area (Å²) < 4.78 is 14.4. The van der Waals surface area contributed by atoms with Crippen molar-refractivity contribution >= 4 is 44.6 Å². The lowest BCUT2D eigenvalue weighted by Crippen LogP contribution is -1.93. The van der Waals surface area contributed by atoms with Crippen LogP contribution >= 0.6 is 34.5 Å². The topological polar surface area (TPSA) is 0 Å². The summed E-state index contributed by atoms with van der Waals surface area (Å²) in [6.07, 6.45) is 0. The number of hydrogen-bond donors (Lipinski definition) is 0. The van der Waals surface area contributed by atoms with E-state index in [2.05, 4.69) is 6.07 Å². The van der Waals surface area contributed by atoms with Crippen LogP contribution in [0.1, 0.15) is 16.5 Å². The predicted molar refractivity (Wildman–Crippen MR) is 80.9 cm³/mol. The van der Waals surface area contributed by atoms with Gasteiger partial charge in [-0.2, -0.15) is 0 Å². The van der Waals surface area contributed by atoms with E-state index >= 15 is 0 Å². The van der Waals surface area contributed by atoms with Crippen molar-refractivity contribution in [1.29, 1.82) is 0 Å². The Kier molecular flexibility index (Phi) is 3.48. The molecule has 1 unspecified atom stereocenters. The molecule has 0 aliphatic carbocycles. The Morgan fingerprint density at radius 1 is 1.11 bits per heavy atom. The maximum Gasteiger partial charge on any atom is 0.141 e. The van der Waals surface area contributed by atoms with Gasteiger partial charge < -0.3 is 0 Å². The third-order valence-electron chi connectivity index (χ3n) is 3.02.